The molecule has 3 aromatic carbocycles. The highest BCUT2D eigenvalue weighted by Gasteiger charge is 2.12. The van der Waals surface area contributed by atoms with Gasteiger partial charge in [-0.05, 0) is 49.2 Å². The molecule has 0 bridgehead atoms. The molecule has 1 atom stereocenters. The lowest BCUT2D eigenvalue weighted by atomic mass is 10.2. The van der Waals surface area contributed by atoms with Crippen LogP contribution in [0.25, 0.3) is 22.3 Å². The molecule has 4 rings (SSSR count). The molecule has 1 heterocycles. The van der Waals surface area contributed by atoms with Gasteiger partial charge in [-0.25, -0.2) is 4.98 Å². The van der Waals surface area contributed by atoms with Crippen LogP contribution in [0.4, 0.5) is 0 Å². The summed E-state index contributed by atoms with van der Waals surface area (Å²) in [6.07, 6.45) is 2.57. The van der Waals surface area contributed by atoms with Crippen molar-refractivity contribution in [2.24, 2.45) is 5.10 Å². The van der Waals surface area contributed by atoms with E-state index in [2.05, 4.69) is 12.0 Å². The van der Waals surface area contributed by atoms with E-state index < -0.39 is 0 Å². The molecule has 4 aromatic rings. The topological polar surface area (TPSA) is 56.5 Å². The number of para-hydroxylation sites is 1. The van der Waals surface area contributed by atoms with Crippen LogP contribution in [0.1, 0.15) is 25.8 Å². The van der Waals surface area contributed by atoms with E-state index >= 15 is 0 Å². The molecule has 1 aromatic heterocycles. The number of hydrogen-bond donors (Lipinski definition) is 0. The minimum absolute atomic E-state index is 0.0766. The first kappa shape index (κ1) is 20.8. The summed E-state index contributed by atoms with van der Waals surface area (Å²) in [4.78, 5) is 17.9. The summed E-state index contributed by atoms with van der Waals surface area (Å²) in [7, 11) is 0. The van der Waals surface area contributed by atoms with Gasteiger partial charge >= 0.3 is 0 Å². The maximum absolute atomic E-state index is 13.2. The fourth-order valence-electron chi connectivity index (χ4n) is 3.12. The van der Waals surface area contributed by atoms with Crippen molar-refractivity contribution in [2.75, 3.05) is 0 Å². The lowest BCUT2D eigenvalue weighted by molar-refractivity contribution is 0.217. The molecule has 6 heteroatoms. The standard InChI is InChI=1S/C25H22ClN3O2/c1-3-17(2)31-23-14-13-18(15-21(23)26)16-27-29-24(19-9-5-4-6-10-19)28-22-12-8-7-11-20(22)25(29)30/h4-17H,3H2,1-2H3/t17-/m1/s1. The maximum Gasteiger partial charge on any atom is 0.282 e. The van der Waals surface area contributed by atoms with Gasteiger partial charge in [0.2, 0.25) is 0 Å². The van der Waals surface area contributed by atoms with Crippen LogP contribution in [0.5, 0.6) is 5.75 Å². The molecule has 0 unspecified atom stereocenters. The van der Waals surface area contributed by atoms with Gasteiger partial charge in [0.15, 0.2) is 5.82 Å². The Morgan fingerprint density at radius 1 is 1.10 bits per heavy atom. The molecule has 0 saturated carbocycles. The average molecular weight is 432 g/mol. The second-order valence-corrected chi connectivity index (χ2v) is 7.61. The van der Waals surface area contributed by atoms with E-state index in [0.29, 0.717) is 27.5 Å². The van der Waals surface area contributed by atoms with Gasteiger partial charge in [0.1, 0.15) is 5.75 Å². The molecule has 0 amide bonds. The lowest BCUT2D eigenvalue weighted by Crippen LogP contribution is -2.20. The van der Waals surface area contributed by atoms with Crippen LogP contribution < -0.4 is 10.3 Å². The molecule has 0 N–H and O–H groups in total. The molecule has 0 saturated heterocycles. The molecule has 0 spiro atoms. The highest BCUT2D eigenvalue weighted by molar-refractivity contribution is 6.32. The van der Waals surface area contributed by atoms with Crippen molar-refractivity contribution in [1.82, 2.24) is 9.66 Å². The van der Waals surface area contributed by atoms with Crippen molar-refractivity contribution in [1.29, 1.82) is 0 Å². The van der Waals surface area contributed by atoms with Gasteiger partial charge in [0.25, 0.3) is 5.56 Å². The summed E-state index contributed by atoms with van der Waals surface area (Å²) < 4.78 is 7.14. The fourth-order valence-corrected chi connectivity index (χ4v) is 3.36. The van der Waals surface area contributed by atoms with Gasteiger partial charge < -0.3 is 4.74 Å². The Balaban J connectivity index is 1.77. The van der Waals surface area contributed by atoms with Gasteiger partial charge in [-0.2, -0.15) is 9.78 Å². The van der Waals surface area contributed by atoms with Crippen molar-refractivity contribution in [3.63, 3.8) is 0 Å². The molecule has 156 valence electrons. The van der Waals surface area contributed by atoms with Crippen molar-refractivity contribution in [3.05, 3.63) is 93.7 Å². The molecule has 0 aliphatic carbocycles. The van der Waals surface area contributed by atoms with Gasteiger partial charge in [-0.1, -0.05) is 61.0 Å². The highest BCUT2D eigenvalue weighted by Crippen LogP contribution is 2.26. The van der Waals surface area contributed by atoms with Gasteiger partial charge in [0.05, 0.1) is 28.2 Å². The smallest absolute Gasteiger partial charge is 0.282 e. The third-order valence-electron chi connectivity index (χ3n) is 4.97. The minimum Gasteiger partial charge on any atom is -0.489 e. The summed E-state index contributed by atoms with van der Waals surface area (Å²) in [5.41, 5.74) is 1.95. The zero-order valence-electron chi connectivity index (χ0n) is 17.3. The maximum atomic E-state index is 13.2. The fraction of sp³-hybridized carbons (Fsp3) is 0.160. The predicted octanol–water partition coefficient (Wildman–Crippen LogP) is 5.78. The lowest BCUT2D eigenvalue weighted by Gasteiger charge is -2.14. The Labute approximate surface area is 185 Å². The summed E-state index contributed by atoms with van der Waals surface area (Å²) in [6, 6.07) is 22.2. The van der Waals surface area contributed by atoms with E-state index in [-0.39, 0.29) is 11.7 Å². The largest absolute Gasteiger partial charge is 0.489 e. The van der Waals surface area contributed by atoms with E-state index in [1.165, 1.54) is 4.68 Å². The molecule has 0 fully saturated rings. The van der Waals surface area contributed by atoms with Crippen LogP contribution in [0.3, 0.4) is 0 Å². The highest BCUT2D eigenvalue weighted by atomic mass is 35.5. The second kappa shape index (κ2) is 9.14. The Bertz CT molecular complexity index is 1300. The second-order valence-electron chi connectivity index (χ2n) is 7.21. The Morgan fingerprint density at radius 2 is 1.84 bits per heavy atom. The Kier molecular flexibility index (Phi) is 6.14. The van der Waals surface area contributed by atoms with E-state index in [0.717, 1.165) is 17.5 Å². The van der Waals surface area contributed by atoms with Crippen molar-refractivity contribution >= 4 is 28.7 Å². The quantitative estimate of drug-likeness (QED) is 0.364. The first-order chi connectivity index (χ1) is 15.1. The SMILES string of the molecule is CC[C@@H](C)Oc1ccc(C=Nn2c(-c3ccccc3)nc3ccccc3c2=O)cc1Cl. The molecular formula is C25H22ClN3O2. The number of aromatic nitrogens is 2. The van der Waals surface area contributed by atoms with Crippen LogP contribution in [-0.2, 0) is 0 Å². The van der Waals surface area contributed by atoms with Crippen molar-refractivity contribution < 1.29 is 4.74 Å². The number of nitrogens with zero attached hydrogens (tertiary/aromatic N) is 3. The summed E-state index contributed by atoms with van der Waals surface area (Å²) >= 11 is 6.38. The first-order valence-electron chi connectivity index (χ1n) is 10.1. The molecule has 0 aliphatic heterocycles. The number of rotatable bonds is 6. The van der Waals surface area contributed by atoms with E-state index in [9.17, 15) is 4.79 Å². The summed E-state index contributed by atoms with van der Waals surface area (Å²) in [5, 5.41) is 5.47. The van der Waals surface area contributed by atoms with Gasteiger partial charge in [-0.15, -0.1) is 0 Å². The summed E-state index contributed by atoms with van der Waals surface area (Å²) in [5.74, 6) is 1.10. The van der Waals surface area contributed by atoms with Crippen LogP contribution in [0, 0.1) is 0 Å². The third kappa shape index (κ3) is 4.52. The molecule has 0 radical (unpaired) electrons. The van der Waals surface area contributed by atoms with Crippen LogP contribution in [0.2, 0.25) is 5.02 Å². The molecule has 5 nitrogen and oxygen atoms in total. The molecule has 31 heavy (non-hydrogen) atoms. The summed E-state index contributed by atoms with van der Waals surface area (Å²) in [6.45, 7) is 4.05. The minimum atomic E-state index is -0.233. The molecular weight excluding hydrogens is 410 g/mol. The van der Waals surface area contributed by atoms with E-state index in [1.807, 2.05) is 67.6 Å². The molecule has 0 aliphatic rings. The zero-order chi connectivity index (χ0) is 21.8. The Morgan fingerprint density at radius 3 is 2.58 bits per heavy atom. The van der Waals surface area contributed by atoms with E-state index in [4.69, 9.17) is 21.3 Å². The number of benzene rings is 3. The van der Waals surface area contributed by atoms with Crippen LogP contribution in [0.15, 0.2) is 82.7 Å². The van der Waals surface area contributed by atoms with Crippen LogP contribution in [-0.4, -0.2) is 22.0 Å². The number of ether oxygens (including phenoxy) is 1. The normalized spacial score (nSPS) is 12.4. The van der Waals surface area contributed by atoms with Crippen LogP contribution >= 0.6 is 11.6 Å². The van der Waals surface area contributed by atoms with Gasteiger partial charge in [-0.3, -0.25) is 4.79 Å². The first-order valence-corrected chi connectivity index (χ1v) is 10.5. The van der Waals surface area contributed by atoms with Gasteiger partial charge in [0, 0.05) is 5.56 Å². The zero-order valence-corrected chi connectivity index (χ0v) is 18.1. The average Bonchev–Trinajstić information content (AvgIpc) is 2.80. The van der Waals surface area contributed by atoms with Crippen molar-refractivity contribution in [3.8, 4) is 17.1 Å². The predicted molar refractivity (Wildman–Crippen MR) is 126 cm³/mol. The number of halogens is 1. The number of fused-ring (bicyclic) bond motifs is 1. The van der Waals surface area contributed by atoms with Crippen molar-refractivity contribution in [2.45, 2.75) is 26.4 Å². The monoisotopic (exact) mass is 431 g/mol. The number of hydrogen-bond acceptors (Lipinski definition) is 4. The van der Waals surface area contributed by atoms with E-state index in [1.54, 1.807) is 18.3 Å². The Hall–Kier alpha value is -3.44. The third-order valence-corrected chi connectivity index (χ3v) is 5.26.